The smallest absolute Gasteiger partial charge is 0.152 e. The second kappa shape index (κ2) is 7.69. The van der Waals surface area contributed by atoms with Crippen molar-refractivity contribution in [2.75, 3.05) is 19.8 Å². The topological polar surface area (TPSA) is 77.8 Å². The summed E-state index contributed by atoms with van der Waals surface area (Å²) in [6.45, 7) is 3.03. The molecular formula is C17H26O4. The minimum atomic E-state index is -1.09. The van der Waals surface area contributed by atoms with E-state index in [0.717, 1.165) is 5.56 Å². The lowest BCUT2D eigenvalue weighted by Crippen LogP contribution is -2.43. The molecule has 0 spiro atoms. The fourth-order valence-corrected chi connectivity index (χ4v) is 2.98. The molecule has 1 fully saturated rings. The number of carbonyl (C=O) groups excluding carboxylic acids is 1. The first-order valence-electron chi connectivity index (χ1n) is 7.54. The van der Waals surface area contributed by atoms with Gasteiger partial charge < -0.3 is 15.3 Å². The van der Waals surface area contributed by atoms with Gasteiger partial charge in [0.25, 0.3) is 0 Å². The molecule has 1 unspecified atom stereocenters. The molecule has 4 nitrogen and oxygen atoms in total. The third-order valence-electron chi connectivity index (χ3n) is 4.34. The Balaban J connectivity index is 0.00000106. The Hall–Kier alpha value is -1.23. The predicted molar refractivity (Wildman–Crippen MR) is 81.9 cm³/mol. The maximum absolute atomic E-state index is 12.6. The van der Waals surface area contributed by atoms with E-state index < -0.39 is 10.8 Å². The Morgan fingerprint density at radius 3 is 1.81 bits per heavy atom. The maximum atomic E-state index is 12.6. The van der Waals surface area contributed by atoms with Crippen molar-refractivity contribution in [1.82, 2.24) is 0 Å². The molecular weight excluding hydrogens is 268 g/mol. The molecule has 1 aliphatic carbocycles. The predicted octanol–water partition coefficient (Wildman–Crippen LogP) is 1.57. The van der Waals surface area contributed by atoms with Crippen LogP contribution in [-0.2, 0) is 11.2 Å². The second-order valence-electron chi connectivity index (χ2n) is 5.53. The molecule has 1 aromatic rings. The molecule has 118 valence electrons. The van der Waals surface area contributed by atoms with Crippen molar-refractivity contribution in [3.05, 3.63) is 35.9 Å². The Labute approximate surface area is 126 Å². The molecule has 3 N–H and O–H groups in total. The van der Waals surface area contributed by atoms with Gasteiger partial charge in [0.15, 0.2) is 5.78 Å². The van der Waals surface area contributed by atoms with E-state index in [0.29, 0.717) is 19.3 Å². The van der Waals surface area contributed by atoms with Gasteiger partial charge in [-0.25, -0.2) is 0 Å². The van der Waals surface area contributed by atoms with Gasteiger partial charge in [0.1, 0.15) is 0 Å². The van der Waals surface area contributed by atoms with Gasteiger partial charge in [-0.05, 0) is 24.8 Å². The number of aliphatic hydroxyl groups excluding tert-OH is 3. The number of carbonyl (C=O) groups is 1. The monoisotopic (exact) mass is 294 g/mol. The van der Waals surface area contributed by atoms with Gasteiger partial charge in [-0.1, -0.05) is 44.2 Å². The van der Waals surface area contributed by atoms with E-state index >= 15 is 0 Å². The van der Waals surface area contributed by atoms with Gasteiger partial charge in [0, 0.05) is 0 Å². The fraction of sp³-hybridized carbons (Fsp3) is 0.588. The summed E-state index contributed by atoms with van der Waals surface area (Å²) in [5.74, 6) is -0.212. The quantitative estimate of drug-likeness (QED) is 0.770. The number of Topliss-reactive ketones (excluding diaryl/α,β-unsaturated/α-hetero) is 1. The minimum absolute atomic E-state index is 0.212. The van der Waals surface area contributed by atoms with Crippen molar-refractivity contribution in [3.8, 4) is 0 Å². The summed E-state index contributed by atoms with van der Waals surface area (Å²) in [5, 5.41) is 28.5. The zero-order chi connectivity index (χ0) is 15.9. The zero-order valence-corrected chi connectivity index (χ0v) is 12.9. The molecule has 0 heterocycles. The van der Waals surface area contributed by atoms with Gasteiger partial charge in [0.05, 0.1) is 30.7 Å². The lowest BCUT2D eigenvalue weighted by atomic mass is 9.75. The van der Waals surface area contributed by atoms with Gasteiger partial charge in [-0.3, -0.25) is 4.79 Å². The van der Waals surface area contributed by atoms with Crippen molar-refractivity contribution < 1.29 is 20.1 Å². The summed E-state index contributed by atoms with van der Waals surface area (Å²) in [6, 6.07) is 9.53. The number of rotatable bonds is 5. The maximum Gasteiger partial charge on any atom is 0.152 e. The summed E-state index contributed by atoms with van der Waals surface area (Å²) in [4.78, 5) is 12.6. The van der Waals surface area contributed by atoms with E-state index in [1.54, 1.807) is 0 Å². The Kier molecular flexibility index (Phi) is 6.52. The normalized spacial score (nSPS) is 23.6. The first-order chi connectivity index (χ1) is 10.1. The molecule has 0 radical (unpaired) electrons. The molecule has 21 heavy (non-hydrogen) atoms. The van der Waals surface area contributed by atoms with Crippen LogP contribution < -0.4 is 0 Å². The average Bonchev–Trinajstić information content (AvgIpc) is 2.84. The molecule has 0 amide bonds. The molecule has 0 saturated heterocycles. The van der Waals surface area contributed by atoms with Crippen LogP contribution in [-0.4, -0.2) is 40.9 Å². The molecule has 0 aromatic heterocycles. The van der Waals surface area contributed by atoms with Crippen LogP contribution in [0.2, 0.25) is 0 Å². The van der Waals surface area contributed by atoms with E-state index in [1.807, 2.05) is 44.2 Å². The van der Waals surface area contributed by atoms with Gasteiger partial charge in [0.2, 0.25) is 0 Å². The molecule has 2 rings (SSSR count). The van der Waals surface area contributed by atoms with E-state index in [4.69, 9.17) is 0 Å². The number of hydrogen-bond donors (Lipinski definition) is 3. The van der Waals surface area contributed by atoms with E-state index in [-0.39, 0.29) is 25.6 Å². The Morgan fingerprint density at radius 2 is 1.38 bits per heavy atom. The van der Waals surface area contributed by atoms with E-state index in [2.05, 4.69) is 0 Å². The largest absolute Gasteiger partial charge is 0.395 e. The Morgan fingerprint density at radius 1 is 0.905 bits per heavy atom. The summed E-state index contributed by atoms with van der Waals surface area (Å²) in [5.41, 5.74) is -0.971. The van der Waals surface area contributed by atoms with E-state index in [1.165, 1.54) is 0 Å². The third kappa shape index (κ3) is 3.34. The highest BCUT2D eigenvalue weighted by Crippen LogP contribution is 2.47. The highest BCUT2D eigenvalue weighted by Gasteiger charge is 2.55. The first kappa shape index (κ1) is 17.8. The van der Waals surface area contributed by atoms with Crippen LogP contribution in [0.25, 0.3) is 0 Å². The highest BCUT2D eigenvalue weighted by atomic mass is 16.3. The van der Waals surface area contributed by atoms with Crippen LogP contribution in [0.5, 0.6) is 0 Å². The summed E-state index contributed by atoms with van der Waals surface area (Å²) < 4.78 is 0. The molecule has 0 bridgehead atoms. The lowest BCUT2D eigenvalue weighted by Gasteiger charge is -2.29. The first-order valence-corrected chi connectivity index (χ1v) is 7.54. The molecule has 1 atom stereocenters. The summed E-state index contributed by atoms with van der Waals surface area (Å²) in [7, 11) is 0. The standard InChI is InChI=1S/C15H20O4.C2H6/c16-9-14(8-12-4-2-1-3-5-12)6-7-15(10-17,11-18)13(14)19;1-2/h1-5,16-18H,6-11H2;1-2H3. The molecule has 0 aliphatic heterocycles. The van der Waals surface area contributed by atoms with Gasteiger partial charge in [-0.15, -0.1) is 0 Å². The van der Waals surface area contributed by atoms with Crippen molar-refractivity contribution in [2.45, 2.75) is 33.1 Å². The Bertz CT molecular complexity index is 439. The number of benzene rings is 1. The second-order valence-corrected chi connectivity index (χ2v) is 5.53. The number of hydrogen-bond acceptors (Lipinski definition) is 4. The van der Waals surface area contributed by atoms with Crippen molar-refractivity contribution >= 4 is 5.78 Å². The van der Waals surface area contributed by atoms with Crippen molar-refractivity contribution in [1.29, 1.82) is 0 Å². The van der Waals surface area contributed by atoms with Crippen molar-refractivity contribution in [2.24, 2.45) is 10.8 Å². The average molecular weight is 294 g/mol. The minimum Gasteiger partial charge on any atom is -0.395 e. The molecule has 1 aliphatic rings. The molecule has 1 saturated carbocycles. The summed E-state index contributed by atoms with van der Waals surface area (Å²) >= 11 is 0. The highest BCUT2D eigenvalue weighted by molar-refractivity contribution is 5.93. The van der Waals surface area contributed by atoms with Crippen molar-refractivity contribution in [3.63, 3.8) is 0 Å². The molecule has 4 heteroatoms. The SMILES string of the molecule is CC.O=C1C(CO)(CO)CCC1(CO)Cc1ccccc1. The zero-order valence-electron chi connectivity index (χ0n) is 12.9. The lowest BCUT2D eigenvalue weighted by molar-refractivity contribution is -0.139. The fourth-order valence-electron chi connectivity index (χ4n) is 2.98. The van der Waals surface area contributed by atoms with Crippen LogP contribution in [0.15, 0.2) is 30.3 Å². The van der Waals surface area contributed by atoms with E-state index in [9.17, 15) is 20.1 Å². The van der Waals surface area contributed by atoms with Crippen LogP contribution in [0.1, 0.15) is 32.3 Å². The van der Waals surface area contributed by atoms with Crippen LogP contribution in [0.4, 0.5) is 0 Å². The van der Waals surface area contributed by atoms with Crippen LogP contribution in [0.3, 0.4) is 0 Å². The summed E-state index contributed by atoms with van der Waals surface area (Å²) in [6.07, 6.45) is 1.37. The van der Waals surface area contributed by atoms with Gasteiger partial charge >= 0.3 is 0 Å². The number of ketones is 1. The molecule has 1 aromatic carbocycles. The number of aliphatic hydroxyl groups is 3. The van der Waals surface area contributed by atoms with Crippen LogP contribution >= 0.6 is 0 Å². The van der Waals surface area contributed by atoms with Crippen LogP contribution in [0, 0.1) is 10.8 Å². The third-order valence-corrected chi connectivity index (χ3v) is 4.34. The van der Waals surface area contributed by atoms with Gasteiger partial charge in [-0.2, -0.15) is 0 Å².